The van der Waals surface area contributed by atoms with Gasteiger partial charge in [0.25, 0.3) is 10.0 Å². The molecule has 1 aromatic carbocycles. The summed E-state index contributed by atoms with van der Waals surface area (Å²) in [5.74, 6) is 0.277. The summed E-state index contributed by atoms with van der Waals surface area (Å²) in [7, 11) is -2.69. The van der Waals surface area contributed by atoms with Crippen LogP contribution in [0.3, 0.4) is 0 Å². The van der Waals surface area contributed by atoms with Crippen LogP contribution in [0, 0.1) is 6.92 Å². The van der Waals surface area contributed by atoms with Crippen LogP contribution in [0.25, 0.3) is 0 Å². The number of sulfonamides is 1. The molecule has 0 saturated carbocycles. The van der Waals surface area contributed by atoms with E-state index in [2.05, 4.69) is 10.4 Å². The molecule has 8 nitrogen and oxygen atoms in total. The summed E-state index contributed by atoms with van der Waals surface area (Å²) in [6, 6.07) is 4.38. The molecule has 166 valence electrons. The highest BCUT2D eigenvalue weighted by atomic mass is 32.2. The number of amides is 2. The summed E-state index contributed by atoms with van der Waals surface area (Å²) in [6.45, 7) is 13.1. The Labute approximate surface area is 178 Å². The van der Waals surface area contributed by atoms with Crippen LogP contribution in [-0.4, -0.2) is 29.3 Å². The molecule has 30 heavy (non-hydrogen) atoms. The van der Waals surface area contributed by atoms with Gasteiger partial charge in [-0.05, 0) is 43.7 Å². The average molecular weight is 437 g/mol. The number of carbonyl (C=O) groups is 1. The number of carbonyl (C=O) groups excluding carboxylic acids is 1. The van der Waals surface area contributed by atoms with E-state index in [0.29, 0.717) is 11.4 Å². The number of rotatable bonds is 6. The molecule has 0 bridgehead atoms. The van der Waals surface area contributed by atoms with Gasteiger partial charge in [-0.1, -0.05) is 45.4 Å². The third-order valence-electron chi connectivity index (χ3n) is 4.81. The van der Waals surface area contributed by atoms with Crippen LogP contribution in [0.5, 0.6) is 0 Å². The normalized spacial score (nSPS) is 12.5. The number of benzene rings is 1. The summed E-state index contributed by atoms with van der Waals surface area (Å²) in [5.41, 5.74) is 2.61. The quantitative estimate of drug-likeness (QED) is 0.639. The first-order valence-corrected chi connectivity index (χ1v) is 11.4. The van der Waals surface area contributed by atoms with E-state index in [9.17, 15) is 18.3 Å². The van der Waals surface area contributed by atoms with E-state index in [1.807, 2.05) is 51.5 Å². The minimum absolute atomic E-state index is 0.138. The molecular formula is C21H32N4O4S. The highest BCUT2D eigenvalue weighted by molar-refractivity contribution is 7.90. The molecule has 0 radical (unpaired) electrons. The zero-order valence-corrected chi connectivity index (χ0v) is 19.7. The van der Waals surface area contributed by atoms with Gasteiger partial charge in [0.15, 0.2) is 5.03 Å². The Kier molecular flexibility index (Phi) is 6.68. The second kappa shape index (κ2) is 8.39. The summed E-state index contributed by atoms with van der Waals surface area (Å²) in [5, 5.41) is 16.5. The molecule has 0 spiro atoms. The lowest BCUT2D eigenvalue weighted by molar-refractivity contribution is 0.0695. The summed E-state index contributed by atoms with van der Waals surface area (Å²) >= 11 is 0. The van der Waals surface area contributed by atoms with E-state index < -0.39 is 21.7 Å². The van der Waals surface area contributed by atoms with Crippen molar-refractivity contribution in [3.63, 3.8) is 0 Å². The van der Waals surface area contributed by atoms with E-state index in [0.717, 1.165) is 16.7 Å². The van der Waals surface area contributed by atoms with E-state index >= 15 is 0 Å². The van der Waals surface area contributed by atoms with Crippen molar-refractivity contribution in [3.8, 4) is 0 Å². The summed E-state index contributed by atoms with van der Waals surface area (Å²) in [4.78, 5) is 12.6. The number of hydrogen-bond acceptors (Lipinski definition) is 5. The maximum absolute atomic E-state index is 12.7. The zero-order chi connectivity index (χ0) is 23.0. The van der Waals surface area contributed by atoms with Gasteiger partial charge >= 0.3 is 6.03 Å². The Hall–Kier alpha value is -2.39. The van der Waals surface area contributed by atoms with Crippen molar-refractivity contribution in [1.29, 1.82) is 0 Å². The maximum atomic E-state index is 12.7. The van der Waals surface area contributed by atoms with Gasteiger partial charge in [0.2, 0.25) is 0 Å². The van der Waals surface area contributed by atoms with Crippen LogP contribution in [0.4, 0.5) is 10.5 Å². The molecule has 2 amide bonds. The molecule has 3 N–H and O–H groups in total. The Morgan fingerprint density at radius 1 is 1.10 bits per heavy atom. The average Bonchev–Trinajstić information content (AvgIpc) is 2.98. The van der Waals surface area contributed by atoms with Crippen LogP contribution in [0.15, 0.2) is 23.2 Å². The highest BCUT2D eigenvalue weighted by Crippen LogP contribution is 2.34. The van der Waals surface area contributed by atoms with Gasteiger partial charge in [0, 0.05) is 18.8 Å². The standard InChI is InChI=1S/C21H32N4O4S/c1-12(2)15-9-14(5)10-16(13(3)4)19(15)22-20(26)24-30(28,29)18-11-17(21(6,7)27)25(8)23-18/h9-13,27H,1-8H3,(H2,22,24,26). The number of nitrogens with one attached hydrogen (secondary N) is 2. The lowest BCUT2D eigenvalue weighted by Crippen LogP contribution is -2.35. The Bertz CT molecular complexity index is 1020. The first-order chi connectivity index (χ1) is 13.6. The van der Waals surface area contributed by atoms with E-state index in [1.165, 1.54) is 31.6 Å². The predicted molar refractivity (Wildman–Crippen MR) is 117 cm³/mol. The largest absolute Gasteiger partial charge is 0.384 e. The number of anilines is 1. The molecule has 9 heteroatoms. The SMILES string of the molecule is Cc1cc(C(C)C)c(NC(=O)NS(=O)(=O)c2cc(C(C)(C)O)n(C)n2)c(C(C)C)c1. The first-order valence-electron chi connectivity index (χ1n) is 9.88. The van der Waals surface area contributed by atoms with Gasteiger partial charge in [-0.25, -0.2) is 9.52 Å². The molecule has 0 fully saturated rings. The van der Waals surface area contributed by atoms with Crippen molar-refractivity contribution in [1.82, 2.24) is 14.5 Å². The molecule has 0 aliphatic carbocycles. The number of aromatic nitrogens is 2. The van der Waals surface area contributed by atoms with Crippen LogP contribution in [-0.2, 0) is 22.7 Å². The number of aliphatic hydroxyl groups is 1. The van der Waals surface area contributed by atoms with Crippen molar-refractivity contribution < 1.29 is 18.3 Å². The molecule has 0 aliphatic rings. The van der Waals surface area contributed by atoms with Crippen molar-refractivity contribution in [2.24, 2.45) is 7.05 Å². The van der Waals surface area contributed by atoms with Gasteiger partial charge in [0.1, 0.15) is 5.60 Å². The molecule has 0 unspecified atom stereocenters. The fourth-order valence-electron chi connectivity index (χ4n) is 3.36. The molecule has 0 atom stereocenters. The van der Waals surface area contributed by atoms with E-state index in [4.69, 9.17) is 0 Å². The predicted octanol–water partition coefficient (Wildman–Crippen LogP) is 3.71. The van der Waals surface area contributed by atoms with Crippen LogP contribution in [0.2, 0.25) is 0 Å². The molecule has 2 aromatic rings. The Morgan fingerprint density at radius 2 is 1.60 bits per heavy atom. The number of urea groups is 1. The smallest absolute Gasteiger partial charge is 0.333 e. The molecule has 0 saturated heterocycles. The van der Waals surface area contributed by atoms with Gasteiger partial charge in [-0.2, -0.15) is 13.5 Å². The minimum Gasteiger partial charge on any atom is -0.384 e. The molecule has 2 rings (SSSR count). The van der Waals surface area contributed by atoms with Gasteiger partial charge in [-0.15, -0.1) is 0 Å². The molecule has 1 aromatic heterocycles. The van der Waals surface area contributed by atoms with Crippen molar-refractivity contribution in [2.45, 2.75) is 70.9 Å². The minimum atomic E-state index is -4.22. The van der Waals surface area contributed by atoms with Crippen LogP contribution in [0.1, 0.15) is 75.8 Å². The fraction of sp³-hybridized carbons (Fsp3) is 0.524. The lowest BCUT2D eigenvalue weighted by Gasteiger charge is -2.21. The number of nitrogens with zero attached hydrogens (tertiary/aromatic N) is 2. The lowest BCUT2D eigenvalue weighted by atomic mass is 9.90. The van der Waals surface area contributed by atoms with Gasteiger partial charge in [-0.3, -0.25) is 4.68 Å². The zero-order valence-electron chi connectivity index (χ0n) is 18.9. The monoisotopic (exact) mass is 436 g/mol. The second-order valence-corrected chi connectivity index (χ2v) is 10.4. The summed E-state index contributed by atoms with van der Waals surface area (Å²) in [6.07, 6.45) is 0. The maximum Gasteiger partial charge on any atom is 0.333 e. The Balaban J connectivity index is 2.36. The van der Waals surface area contributed by atoms with Gasteiger partial charge < -0.3 is 10.4 Å². The van der Waals surface area contributed by atoms with Crippen molar-refractivity contribution in [3.05, 3.63) is 40.6 Å². The highest BCUT2D eigenvalue weighted by Gasteiger charge is 2.28. The molecule has 1 heterocycles. The van der Waals surface area contributed by atoms with Gasteiger partial charge in [0.05, 0.1) is 5.69 Å². The van der Waals surface area contributed by atoms with Crippen LogP contribution >= 0.6 is 0 Å². The van der Waals surface area contributed by atoms with Crippen molar-refractivity contribution >= 4 is 21.7 Å². The van der Waals surface area contributed by atoms with Crippen molar-refractivity contribution in [2.75, 3.05) is 5.32 Å². The fourth-order valence-corrected chi connectivity index (χ4v) is 4.25. The van der Waals surface area contributed by atoms with E-state index in [1.54, 1.807) is 0 Å². The third-order valence-corrected chi connectivity index (χ3v) is 6.02. The third kappa shape index (κ3) is 5.20. The Morgan fingerprint density at radius 3 is 2.00 bits per heavy atom. The number of hydrogen-bond donors (Lipinski definition) is 3. The van der Waals surface area contributed by atoms with Crippen LogP contribution < -0.4 is 10.0 Å². The first kappa shape index (κ1) is 23.9. The molecule has 0 aliphatic heterocycles. The number of aryl methyl sites for hydroxylation is 2. The summed E-state index contributed by atoms with van der Waals surface area (Å²) < 4.78 is 28.7. The van der Waals surface area contributed by atoms with E-state index in [-0.39, 0.29) is 16.9 Å². The topological polar surface area (TPSA) is 113 Å². The molecular weight excluding hydrogens is 404 g/mol. The second-order valence-electron chi connectivity index (χ2n) is 8.74.